The van der Waals surface area contributed by atoms with E-state index in [0.717, 1.165) is 12.0 Å². The molecule has 166 valence electrons. The number of hydrogen-bond donors (Lipinski definition) is 0. The quantitative estimate of drug-likeness (QED) is 0.621. The number of ether oxygens (including phenoxy) is 2. The topological polar surface area (TPSA) is 59.1 Å². The highest BCUT2D eigenvalue weighted by Gasteiger charge is 2.22. The number of aryl methyl sites for hydroxylation is 1. The summed E-state index contributed by atoms with van der Waals surface area (Å²) in [6.07, 6.45) is 1.89. The number of amides is 2. The van der Waals surface area contributed by atoms with Crippen LogP contribution in [0.25, 0.3) is 0 Å². The molecule has 0 unspecified atom stereocenters. The number of rotatable bonds is 8. The molecule has 0 aliphatic carbocycles. The van der Waals surface area contributed by atoms with Gasteiger partial charge in [0.2, 0.25) is 5.91 Å². The van der Waals surface area contributed by atoms with E-state index in [-0.39, 0.29) is 18.4 Å². The van der Waals surface area contributed by atoms with Gasteiger partial charge in [0, 0.05) is 37.6 Å². The molecular weight excluding hydrogens is 416 g/mol. The molecule has 2 amide bonds. The molecule has 7 heteroatoms. The Labute approximate surface area is 188 Å². The van der Waals surface area contributed by atoms with Gasteiger partial charge >= 0.3 is 0 Å². The van der Waals surface area contributed by atoms with Crippen molar-refractivity contribution in [2.45, 2.75) is 26.2 Å². The summed E-state index contributed by atoms with van der Waals surface area (Å²) in [5.41, 5.74) is 1.09. The Morgan fingerprint density at radius 3 is 2.13 bits per heavy atom. The summed E-state index contributed by atoms with van der Waals surface area (Å²) in [5.74, 6) is 1.23. The van der Waals surface area contributed by atoms with Crippen LogP contribution >= 0.6 is 11.6 Å². The third-order valence-electron chi connectivity index (χ3n) is 5.24. The van der Waals surface area contributed by atoms with Gasteiger partial charge in [0.25, 0.3) is 5.91 Å². The molecule has 0 radical (unpaired) electrons. The van der Waals surface area contributed by atoms with E-state index in [2.05, 4.69) is 0 Å². The number of nitrogens with zero attached hydrogens (tertiary/aromatic N) is 2. The predicted molar refractivity (Wildman–Crippen MR) is 121 cm³/mol. The number of para-hydroxylation sites is 2. The molecule has 0 spiro atoms. The molecule has 0 saturated carbocycles. The maximum Gasteiger partial charge on any atom is 0.260 e. The lowest BCUT2D eigenvalue weighted by atomic mass is 10.1. The fraction of sp³-hybridized carbons (Fsp3) is 0.417. The molecular formula is C24H29ClN2O4. The maximum absolute atomic E-state index is 12.7. The van der Waals surface area contributed by atoms with Crippen LogP contribution in [0.4, 0.5) is 0 Å². The molecule has 1 fully saturated rings. The maximum atomic E-state index is 12.7. The zero-order valence-electron chi connectivity index (χ0n) is 17.9. The van der Waals surface area contributed by atoms with E-state index in [0.29, 0.717) is 62.1 Å². The number of halogens is 1. The van der Waals surface area contributed by atoms with E-state index < -0.39 is 0 Å². The lowest BCUT2D eigenvalue weighted by Crippen LogP contribution is -2.39. The Kier molecular flexibility index (Phi) is 8.59. The highest BCUT2D eigenvalue weighted by molar-refractivity contribution is 6.30. The molecule has 2 aromatic carbocycles. The van der Waals surface area contributed by atoms with Gasteiger partial charge in [0.1, 0.15) is 0 Å². The van der Waals surface area contributed by atoms with Crippen molar-refractivity contribution in [3.63, 3.8) is 0 Å². The summed E-state index contributed by atoms with van der Waals surface area (Å²) >= 11 is 5.91. The largest absolute Gasteiger partial charge is 0.490 e. The number of hydrogen-bond acceptors (Lipinski definition) is 4. The van der Waals surface area contributed by atoms with Gasteiger partial charge in [0.15, 0.2) is 18.1 Å². The first kappa shape index (κ1) is 22.9. The second kappa shape index (κ2) is 11.6. The first-order valence-corrected chi connectivity index (χ1v) is 11.1. The summed E-state index contributed by atoms with van der Waals surface area (Å²) in [7, 11) is 0. The van der Waals surface area contributed by atoms with Crippen molar-refractivity contribution < 1.29 is 19.1 Å². The van der Waals surface area contributed by atoms with Gasteiger partial charge in [-0.25, -0.2) is 0 Å². The van der Waals surface area contributed by atoms with Gasteiger partial charge in [-0.2, -0.15) is 0 Å². The monoisotopic (exact) mass is 444 g/mol. The van der Waals surface area contributed by atoms with Crippen molar-refractivity contribution in [3.8, 4) is 11.5 Å². The zero-order valence-corrected chi connectivity index (χ0v) is 18.6. The zero-order chi connectivity index (χ0) is 22.1. The standard InChI is InChI=1S/C24H29ClN2O4/c1-2-30-21-6-3-4-7-22(21)31-18-24(29)27-15-5-14-26(16-17-27)23(28)13-10-19-8-11-20(25)12-9-19/h3-4,6-9,11-12H,2,5,10,13-18H2,1H3. The highest BCUT2D eigenvalue weighted by atomic mass is 35.5. The minimum Gasteiger partial charge on any atom is -0.490 e. The highest BCUT2D eigenvalue weighted by Crippen LogP contribution is 2.26. The van der Waals surface area contributed by atoms with Crippen LogP contribution in [0.2, 0.25) is 5.02 Å². The first-order chi connectivity index (χ1) is 15.1. The third kappa shape index (κ3) is 6.89. The predicted octanol–water partition coefficient (Wildman–Crippen LogP) is 3.81. The average molecular weight is 445 g/mol. The SMILES string of the molecule is CCOc1ccccc1OCC(=O)N1CCCN(C(=O)CCc2ccc(Cl)cc2)CC1. The Balaban J connectivity index is 1.46. The first-order valence-electron chi connectivity index (χ1n) is 10.7. The van der Waals surface area contributed by atoms with Crippen LogP contribution in [0, 0.1) is 0 Å². The molecule has 1 aliphatic rings. The normalized spacial score (nSPS) is 14.1. The lowest BCUT2D eigenvalue weighted by molar-refractivity contribution is -0.134. The summed E-state index contributed by atoms with van der Waals surface area (Å²) in [4.78, 5) is 28.9. The average Bonchev–Trinajstić information content (AvgIpc) is 3.04. The van der Waals surface area contributed by atoms with Crippen molar-refractivity contribution in [2.75, 3.05) is 39.4 Å². The van der Waals surface area contributed by atoms with Crippen molar-refractivity contribution in [1.82, 2.24) is 9.80 Å². The van der Waals surface area contributed by atoms with Crippen LogP contribution < -0.4 is 9.47 Å². The van der Waals surface area contributed by atoms with Crippen LogP contribution in [0.3, 0.4) is 0 Å². The molecule has 0 bridgehead atoms. The molecule has 0 atom stereocenters. The Morgan fingerprint density at radius 2 is 1.48 bits per heavy atom. The van der Waals surface area contributed by atoms with E-state index in [1.807, 2.05) is 54.3 Å². The van der Waals surface area contributed by atoms with E-state index in [9.17, 15) is 9.59 Å². The minimum atomic E-state index is -0.0817. The Morgan fingerprint density at radius 1 is 0.871 bits per heavy atom. The summed E-state index contributed by atoms with van der Waals surface area (Å²) in [6, 6.07) is 14.9. The van der Waals surface area contributed by atoms with Crippen molar-refractivity contribution in [2.24, 2.45) is 0 Å². The van der Waals surface area contributed by atoms with Gasteiger partial charge in [-0.1, -0.05) is 35.9 Å². The van der Waals surface area contributed by atoms with E-state index in [1.165, 1.54) is 0 Å². The van der Waals surface area contributed by atoms with Gasteiger partial charge in [-0.05, 0) is 49.6 Å². The molecule has 0 N–H and O–H groups in total. The van der Waals surface area contributed by atoms with Crippen LogP contribution in [0.15, 0.2) is 48.5 Å². The van der Waals surface area contributed by atoms with Crippen LogP contribution in [0.1, 0.15) is 25.3 Å². The van der Waals surface area contributed by atoms with Gasteiger partial charge in [-0.3, -0.25) is 9.59 Å². The smallest absolute Gasteiger partial charge is 0.260 e. The molecule has 1 saturated heterocycles. The molecule has 6 nitrogen and oxygen atoms in total. The van der Waals surface area contributed by atoms with Gasteiger partial charge in [-0.15, -0.1) is 0 Å². The van der Waals surface area contributed by atoms with Crippen LogP contribution in [-0.4, -0.2) is 61.0 Å². The minimum absolute atomic E-state index is 0.0470. The summed E-state index contributed by atoms with van der Waals surface area (Å²) < 4.78 is 11.2. The third-order valence-corrected chi connectivity index (χ3v) is 5.49. The van der Waals surface area contributed by atoms with E-state index in [4.69, 9.17) is 21.1 Å². The molecule has 2 aromatic rings. The second-order valence-electron chi connectivity index (χ2n) is 7.41. The number of carbonyl (C=O) groups is 2. The molecule has 1 aliphatic heterocycles. The Hall–Kier alpha value is -2.73. The Bertz CT molecular complexity index is 872. The molecule has 0 aromatic heterocycles. The van der Waals surface area contributed by atoms with Crippen LogP contribution in [0.5, 0.6) is 11.5 Å². The molecule has 1 heterocycles. The fourth-order valence-electron chi connectivity index (χ4n) is 3.55. The van der Waals surface area contributed by atoms with E-state index >= 15 is 0 Å². The van der Waals surface area contributed by atoms with Gasteiger partial charge < -0.3 is 19.3 Å². The summed E-state index contributed by atoms with van der Waals surface area (Å²) in [6.45, 7) is 4.73. The van der Waals surface area contributed by atoms with Crippen molar-refractivity contribution in [1.29, 1.82) is 0 Å². The second-order valence-corrected chi connectivity index (χ2v) is 7.85. The lowest BCUT2D eigenvalue weighted by Gasteiger charge is -2.22. The van der Waals surface area contributed by atoms with Crippen LogP contribution in [-0.2, 0) is 16.0 Å². The fourth-order valence-corrected chi connectivity index (χ4v) is 3.68. The molecule has 31 heavy (non-hydrogen) atoms. The van der Waals surface area contributed by atoms with Gasteiger partial charge in [0.05, 0.1) is 6.61 Å². The van der Waals surface area contributed by atoms with Crippen molar-refractivity contribution in [3.05, 3.63) is 59.1 Å². The van der Waals surface area contributed by atoms with Crippen molar-refractivity contribution >= 4 is 23.4 Å². The number of benzene rings is 2. The summed E-state index contributed by atoms with van der Waals surface area (Å²) in [5, 5.41) is 0.692. The van der Waals surface area contributed by atoms with E-state index in [1.54, 1.807) is 11.0 Å². The number of carbonyl (C=O) groups excluding carboxylic acids is 2. The molecule has 3 rings (SSSR count).